The molecule has 7 heteroatoms. The minimum atomic E-state index is -0.945. The highest BCUT2D eigenvalue weighted by molar-refractivity contribution is 6.01. The molecule has 158 valence electrons. The van der Waals surface area contributed by atoms with Crippen LogP contribution in [0.2, 0.25) is 0 Å². The molecule has 0 radical (unpaired) electrons. The van der Waals surface area contributed by atoms with Crippen LogP contribution in [-0.4, -0.2) is 23.4 Å². The van der Waals surface area contributed by atoms with Gasteiger partial charge in [0.15, 0.2) is 0 Å². The van der Waals surface area contributed by atoms with Crippen molar-refractivity contribution in [3.05, 3.63) is 59.7 Å². The average molecular weight is 409 g/mol. The van der Waals surface area contributed by atoms with Gasteiger partial charge >= 0.3 is 6.03 Å². The lowest BCUT2D eigenvalue weighted by Crippen LogP contribution is -2.57. The van der Waals surface area contributed by atoms with Crippen molar-refractivity contribution in [2.45, 2.75) is 51.6 Å². The van der Waals surface area contributed by atoms with Crippen molar-refractivity contribution < 1.29 is 14.4 Å². The highest BCUT2D eigenvalue weighted by atomic mass is 16.2. The summed E-state index contributed by atoms with van der Waals surface area (Å²) in [5, 5.41) is 11.4. The van der Waals surface area contributed by atoms with E-state index in [1.54, 1.807) is 12.1 Å². The van der Waals surface area contributed by atoms with Gasteiger partial charge < -0.3 is 21.3 Å². The second-order valence-corrected chi connectivity index (χ2v) is 7.75. The van der Waals surface area contributed by atoms with Gasteiger partial charge in [0.2, 0.25) is 11.8 Å². The third-order valence-electron chi connectivity index (χ3n) is 5.35. The molecule has 0 bridgehead atoms. The minimum absolute atomic E-state index is 0.175. The van der Waals surface area contributed by atoms with Gasteiger partial charge in [0.1, 0.15) is 5.54 Å². The minimum Gasteiger partial charge on any atom is -0.334 e. The van der Waals surface area contributed by atoms with E-state index < -0.39 is 5.54 Å². The van der Waals surface area contributed by atoms with Crippen LogP contribution in [0.25, 0.3) is 0 Å². The van der Waals surface area contributed by atoms with Crippen LogP contribution < -0.4 is 21.3 Å². The second-order valence-electron chi connectivity index (χ2n) is 7.75. The summed E-state index contributed by atoms with van der Waals surface area (Å²) in [5.41, 5.74) is 2.17. The maximum absolute atomic E-state index is 13.1. The first-order valence-corrected chi connectivity index (χ1v) is 10.2. The number of carbonyl (C=O) groups is 3. The molecule has 0 atom stereocenters. The number of nitrogens with one attached hydrogen (secondary N) is 4. The molecule has 30 heavy (non-hydrogen) atoms. The zero-order valence-corrected chi connectivity index (χ0v) is 17.4. The van der Waals surface area contributed by atoms with E-state index in [4.69, 9.17) is 0 Å². The van der Waals surface area contributed by atoms with E-state index in [0.717, 1.165) is 24.0 Å². The van der Waals surface area contributed by atoms with E-state index in [2.05, 4.69) is 21.3 Å². The smallest absolute Gasteiger partial charge is 0.315 e. The molecule has 4 amide bonds. The van der Waals surface area contributed by atoms with Gasteiger partial charge in [0.25, 0.3) is 0 Å². The lowest BCUT2D eigenvalue weighted by atomic mass is 9.96. The maximum atomic E-state index is 13.1. The molecule has 7 nitrogen and oxygen atoms in total. The van der Waals surface area contributed by atoms with Crippen molar-refractivity contribution in [1.82, 2.24) is 10.6 Å². The van der Waals surface area contributed by atoms with Gasteiger partial charge in [0.05, 0.1) is 0 Å². The molecule has 1 fully saturated rings. The third-order valence-corrected chi connectivity index (χ3v) is 5.35. The fraction of sp³-hybridized carbons (Fsp3) is 0.348. The summed E-state index contributed by atoms with van der Waals surface area (Å²) in [5.74, 6) is -0.418. The van der Waals surface area contributed by atoms with Crippen molar-refractivity contribution in [3.8, 4) is 0 Å². The molecule has 0 aliphatic heterocycles. The number of carbonyl (C=O) groups excluding carboxylic acids is 3. The fourth-order valence-electron chi connectivity index (χ4n) is 3.70. The molecule has 0 heterocycles. The number of benzene rings is 2. The first-order valence-electron chi connectivity index (χ1n) is 10.2. The summed E-state index contributed by atoms with van der Waals surface area (Å²) in [6.07, 6.45) is 2.92. The number of urea groups is 1. The Morgan fingerprint density at radius 1 is 0.967 bits per heavy atom. The Morgan fingerprint density at radius 2 is 1.67 bits per heavy atom. The number of hydrogen-bond donors (Lipinski definition) is 4. The fourth-order valence-corrected chi connectivity index (χ4v) is 3.70. The zero-order valence-electron chi connectivity index (χ0n) is 17.4. The average Bonchev–Trinajstić information content (AvgIpc) is 3.19. The highest BCUT2D eigenvalue weighted by Gasteiger charge is 2.42. The molecule has 0 unspecified atom stereocenters. The summed E-state index contributed by atoms with van der Waals surface area (Å²) in [6, 6.07) is 14.6. The molecule has 1 aliphatic carbocycles. The molecule has 0 spiro atoms. The van der Waals surface area contributed by atoms with Crippen molar-refractivity contribution in [1.29, 1.82) is 0 Å². The monoisotopic (exact) mass is 408 g/mol. The third kappa shape index (κ3) is 5.37. The highest BCUT2D eigenvalue weighted by Crippen LogP contribution is 2.31. The van der Waals surface area contributed by atoms with E-state index in [1.165, 1.54) is 6.92 Å². The van der Waals surface area contributed by atoms with Gasteiger partial charge in [0, 0.05) is 24.8 Å². The Bertz CT molecular complexity index is 921. The van der Waals surface area contributed by atoms with Gasteiger partial charge in [-0.25, -0.2) is 4.79 Å². The maximum Gasteiger partial charge on any atom is 0.315 e. The summed E-state index contributed by atoms with van der Waals surface area (Å²) in [7, 11) is 0. The first-order chi connectivity index (χ1) is 14.4. The predicted octanol–water partition coefficient (Wildman–Crippen LogP) is 3.70. The lowest BCUT2D eigenvalue weighted by Gasteiger charge is -2.29. The molecule has 2 aromatic carbocycles. The summed E-state index contributed by atoms with van der Waals surface area (Å²) in [6.45, 7) is 3.71. The Labute approximate surface area is 176 Å². The van der Waals surface area contributed by atoms with Crippen LogP contribution in [0.15, 0.2) is 48.5 Å². The number of rotatable bonds is 6. The van der Waals surface area contributed by atoms with Gasteiger partial charge in [-0.15, -0.1) is 0 Å². The summed E-state index contributed by atoms with van der Waals surface area (Å²) >= 11 is 0. The van der Waals surface area contributed by atoms with Crippen molar-refractivity contribution in [2.24, 2.45) is 0 Å². The largest absolute Gasteiger partial charge is 0.334 e. The number of amides is 4. The van der Waals surface area contributed by atoms with Crippen LogP contribution in [0.5, 0.6) is 0 Å². The molecule has 1 aliphatic rings. The van der Waals surface area contributed by atoms with Crippen LogP contribution >= 0.6 is 0 Å². The van der Waals surface area contributed by atoms with Crippen molar-refractivity contribution >= 4 is 29.2 Å². The van der Waals surface area contributed by atoms with Gasteiger partial charge in [-0.3, -0.25) is 9.59 Å². The van der Waals surface area contributed by atoms with Gasteiger partial charge in [-0.05, 0) is 43.0 Å². The topological polar surface area (TPSA) is 99.3 Å². The van der Waals surface area contributed by atoms with E-state index in [-0.39, 0.29) is 17.8 Å². The molecule has 1 saturated carbocycles. The quantitative estimate of drug-likeness (QED) is 0.586. The molecule has 4 N–H and O–H groups in total. The Balaban J connectivity index is 1.67. The normalized spacial score (nSPS) is 14.6. The van der Waals surface area contributed by atoms with E-state index in [0.29, 0.717) is 30.8 Å². The lowest BCUT2D eigenvalue weighted by molar-refractivity contribution is -0.121. The van der Waals surface area contributed by atoms with Crippen molar-refractivity contribution in [2.75, 3.05) is 10.6 Å². The number of hydrogen-bond acceptors (Lipinski definition) is 3. The standard InChI is InChI=1S/C23H28N4O3/c1-16-10-11-19(14-20(16)25-17(2)28)26-21(29)23(12-6-7-13-23)27-22(30)24-15-18-8-4-3-5-9-18/h3-5,8-11,14H,6-7,12-13,15H2,1-2H3,(H,25,28)(H,26,29)(H2,24,27,30). The first kappa shape index (κ1) is 21.4. The van der Waals surface area contributed by atoms with Crippen LogP contribution in [0.1, 0.15) is 43.7 Å². The Kier molecular flexibility index (Phi) is 6.72. The molecular formula is C23H28N4O3. The van der Waals surface area contributed by atoms with E-state index in [1.807, 2.05) is 43.3 Å². The Hall–Kier alpha value is -3.35. The Morgan fingerprint density at radius 3 is 2.33 bits per heavy atom. The summed E-state index contributed by atoms with van der Waals surface area (Å²) in [4.78, 5) is 37.0. The molecular weight excluding hydrogens is 380 g/mol. The molecule has 3 rings (SSSR count). The van der Waals surface area contributed by atoms with E-state index in [9.17, 15) is 14.4 Å². The summed E-state index contributed by atoms with van der Waals surface area (Å²) < 4.78 is 0. The van der Waals surface area contributed by atoms with Gasteiger partial charge in [-0.2, -0.15) is 0 Å². The predicted molar refractivity (Wildman–Crippen MR) is 117 cm³/mol. The van der Waals surface area contributed by atoms with Crippen LogP contribution in [0.3, 0.4) is 0 Å². The van der Waals surface area contributed by atoms with Crippen molar-refractivity contribution in [3.63, 3.8) is 0 Å². The van der Waals surface area contributed by atoms with Crippen LogP contribution in [0.4, 0.5) is 16.2 Å². The van der Waals surface area contributed by atoms with Crippen LogP contribution in [-0.2, 0) is 16.1 Å². The van der Waals surface area contributed by atoms with Gasteiger partial charge in [-0.1, -0.05) is 49.2 Å². The SMILES string of the molecule is CC(=O)Nc1cc(NC(=O)C2(NC(=O)NCc3ccccc3)CCCC2)ccc1C. The van der Waals surface area contributed by atoms with E-state index >= 15 is 0 Å². The number of aryl methyl sites for hydroxylation is 1. The zero-order chi connectivity index (χ0) is 21.6. The second kappa shape index (κ2) is 9.43. The molecule has 2 aromatic rings. The molecule has 0 aromatic heterocycles. The number of anilines is 2. The van der Waals surface area contributed by atoms with Crippen LogP contribution in [0, 0.1) is 6.92 Å². The molecule has 0 saturated heterocycles.